The number of rotatable bonds is 0. The van der Waals surface area contributed by atoms with Gasteiger partial charge in [-0.3, -0.25) is 4.79 Å². The molecule has 2 saturated heterocycles. The van der Waals surface area contributed by atoms with Crippen molar-refractivity contribution in [2.45, 2.75) is 24.9 Å². The molecule has 56 valence electrons. The van der Waals surface area contributed by atoms with Gasteiger partial charge in [0.2, 0.25) is 6.29 Å². The highest BCUT2D eigenvalue weighted by atomic mass is 16.7. The molecule has 2 rings (SSSR count). The average Bonchev–Trinajstić information content (AvgIpc) is 2.28. The molecular formula is C6H8O4. The van der Waals surface area contributed by atoms with Gasteiger partial charge in [0.1, 0.15) is 6.10 Å². The number of hydrogen-bond donors (Lipinski definition) is 1. The smallest absolute Gasteiger partial charge is 0.218 e. The minimum atomic E-state index is -0.687. The molecule has 4 heteroatoms. The minimum Gasteiger partial charge on any atom is -0.390 e. The SMILES string of the molecule is O=C1CC(O)C2COC1O2. The van der Waals surface area contributed by atoms with Crippen LogP contribution in [-0.2, 0) is 14.3 Å². The highest BCUT2D eigenvalue weighted by molar-refractivity contribution is 5.83. The molecule has 2 heterocycles. The van der Waals surface area contributed by atoms with Crippen LogP contribution in [-0.4, -0.2) is 36.0 Å². The molecule has 0 aromatic rings. The Morgan fingerprint density at radius 3 is 3.20 bits per heavy atom. The summed E-state index contributed by atoms with van der Waals surface area (Å²) in [6.07, 6.45) is -1.45. The fourth-order valence-electron chi connectivity index (χ4n) is 1.22. The van der Waals surface area contributed by atoms with Crippen LogP contribution in [0.2, 0.25) is 0 Å². The predicted molar refractivity (Wildman–Crippen MR) is 30.2 cm³/mol. The number of carbonyl (C=O) groups is 1. The van der Waals surface area contributed by atoms with Gasteiger partial charge in [0.25, 0.3) is 0 Å². The van der Waals surface area contributed by atoms with Gasteiger partial charge in [-0.05, 0) is 0 Å². The summed E-state index contributed by atoms with van der Waals surface area (Å²) >= 11 is 0. The van der Waals surface area contributed by atoms with Crippen molar-refractivity contribution in [3.63, 3.8) is 0 Å². The van der Waals surface area contributed by atoms with Crippen molar-refractivity contribution in [1.82, 2.24) is 0 Å². The van der Waals surface area contributed by atoms with E-state index in [1.807, 2.05) is 0 Å². The quantitative estimate of drug-likeness (QED) is 0.476. The van der Waals surface area contributed by atoms with Crippen LogP contribution >= 0.6 is 0 Å². The minimum absolute atomic E-state index is 0.152. The van der Waals surface area contributed by atoms with Crippen molar-refractivity contribution >= 4 is 5.78 Å². The van der Waals surface area contributed by atoms with Crippen molar-refractivity contribution in [3.05, 3.63) is 0 Å². The first-order chi connectivity index (χ1) is 4.77. The molecule has 0 saturated carbocycles. The van der Waals surface area contributed by atoms with E-state index in [4.69, 9.17) is 14.6 Å². The predicted octanol–water partition coefficient (Wildman–Crippen LogP) is -0.938. The highest BCUT2D eigenvalue weighted by Crippen LogP contribution is 2.24. The number of fused-ring (bicyclic) bond motifs is 2. The lowest BCUT2D eigenvalue weighted by atomic mass is 10.1. The molecule has 0 aromatic heterocycles. The van der Waals surface area contributed by atoms with E-state index in [0.717, 1.165) is 0 Å². The van der Waals surface area contributed by atoms with Crippen molar-refractivity contribution in [1.29, 1.82) is 0 Å². The van der Waals surface area contributed by atoms with Gasteiger partial charge in [-0.1, -0.05) is 0 Å². The van der Waals surface area contributed by atoms with Crippen molar-refractivity contribution < 1.29 is 19.4 Å². The summed E-state index contributed by atoms with van der Waals surface area (Å²) in [5, 5.41) is 9.14. The van der Waals surface area contributed by atoms with Crippen LogP contribution in [0.4, 0.5) is 0 Å². The Morgan fingerprint density at radius 1 is 1.60 bits per heavy atom. The van der Waals surface area contributed by atoms with E-state index in [2.05, 4.69) is 0 Å². The maximum Gasteiger partial charge on any atom is 0.218 e. The van der Waals surface area contributed by atoms with Crippen LogP contribution in [0.1, 0.15) is 6.42 Å². The molecule has 2 aliphatic heterocycles. The third-order valence-corrected chi connectivity index (χ3v) is 1.81. The molecule has 0 radical (unpaired) electrons. The molecule has 0 amide bonds. The molecule has 4 nitrogen and oxygen atoms in total. The van der Waals surface area contributed by atoms with Gasteiger partial charge in [0, 0.05) is 6.42 Å². The van der Waals surface area contributed by atoms with Crippen molar-refractivity contribution in [2.75, 3.05) is 6.61 Å². The molecule has 1 N–H and O–H groups in total. The maximum absolute atomic E-state index is 10.9. The standard InChI is InChI=1S/C6H8O4/c7-3-1-4(8)6-9-2-5(3)10-6/h3,5-7H,1-2H2. The topological polar surface area (TPSA) is 55.8 Å². The van der Waals surface area contributed by atoms with Crippen LogP contribution in [0.5, 0.6) is 0 Å². The zero-order chi connectivity index (χ0) is 7.14. The van der Waals surface area contributed by atoms with Crippen LogP contribution in [0.3, 0.4) is 0 Å². The summed E-state index contributed by atoms with van der Waals surface area (Å²) in [6, 6.07) is 0. The van der Waals surface area contributed by atoms with Crippen molar-refractivity contribution in [2.24, 2.45) is 0 Å². The van der Waals surface area contributed by atoms with E-state index in [0.29, 0.717) is 6.61 Å². The molecule has 3 atom stereocenters. The Hall–Kier alpha value is -0.450. The molecule has 0 aromatic carbocycles. The van der Waals surface area contributed by atoms with Gasteiger partial charge >= 0.3 is 0 Å². The molecule has 2 fully saturated rings. The highest BCUT2D eigenvalue weighted by Gasteiger charge is 2.42. The molecule has 0 spiro atoms. The van der Waals surface area contributed by atoms with E-state index in [9.17, 15) is 4.79 Å². The molecule has 10 heavy (non-hydrogen) atoms. The van der Waals surface area contributed by atoms with E-state index >= 15 is 0 Å². The number of carbonyl (C=O) groups excluding carboxylic acids is 1. The number of Topliss-reactive ketones (excluding diaryl/α,β-unsaturated/α-hetero) is 1. The first-order valence-electron chi connectivity index (χ1n) is 3.25. The van der Waals surface area contributed by atoms with Gasteiger partial charge in [0.15, 0.2) is 5.78 Å². The molecular weight excluding hydrogens is 136 g/mol. The van der Waals surface area contributed by atoms with Crippen molar-refractivity contribution in [3.8, 4) is 0 Å². The zero-order valence-electron chi connectivity index (χ0n) is 5.32. The summed E-state index contributed by atoms with van der Waals surface area (Å²) in [7, 11) is 0. The summed E-state index contributed by atoms with van der Waals surface area (Å²) in [5.41, 5.74) is 0. The number of ether oxygens (including phenoxy) is 2. The van der Waals surface area contributed by atoms with Gasteiger partial charge in [-0.15, -0.1) is 0 Å². The monoisotopic (exact) mass is 144 g/mol. The molecule has 3 unspecified atom stereocenters. The normalized spacial score (nSPS) is 46.1. The van der Waals surface area contributed by atoms with Gasteiger partial charge in [0.05, 0.1) is 12.7 Å². The summed E-state index contributed by atoms with van der Waals surface area (Å²) in [4.78, 5) is 10.9. The third kappa shape index (κ3) is 0.767. The largest absolute Gasteiger partial charge is 0.390 e. The van der Waals surface area contributed by atoms with E-state index < -0.39 is 12.4 Å². The Labute approximate surface area is 57.7 Å². The fourth-order valence-corrected chi connectivity index (χ4v) is 1.22. The molecule has 0 aliphatic carbocycles. The van der Waals surface area contributed by atoms with E-state index in [1.165, 1.54) is 0 Å². The molecule has 2 bridgehead atoms. The lowest BCUT2D eigenvalue weighted by Gasteiger charge is -2.21. The third-order valence-electron chi connectivity index (χ3n) is 1.81. The summed E-state index contributed by atoms with van der Waals surface area (Å²) in [5.74, 6) is -0.152. The lowest BCUT2D eigenvalue weighted by molar-refractivity contribution is -0.162. The lowest BCUT2D eigenvalue weighted by Crippen LogP contribution is -2.38. The summed E-state index contributed by atoms with van der Waals surface area (Å²) in [6.45, 7) is 0.345. The number of ketones is 1. The van der Waals surface area contributed by atoms with Crippen LogP contribution in [0.15, 0.2) is 0 Å². The van der Waals surface area contributed by atoms with Gasteiger partial charge in [-0.2, -0.15) is 0 Å². The maximum atomic E-state index is 10.9. The number of aliphatic hydroxyl groups excluding tert-OH is 1. The average molecular weight is 144 g/mol. The second-order valence-corrected chi connectivity index (χ2v) is 2.58. The van der Waals surface area contributed by atoms with Crippen LogP contribution in [0.25, 0.3) is 0 Å². The second kappa shape index (κ2) is 2.02. The number of hydrogen-bond acceptors (Lipinski definition) is 4. The Balaban J connectivity index is 2.16. The fraction of sp³-hybridized carbons (Fsp3) is 0.833. The first-order valence-corrected chi connectivity index (χ1v) is 3.25. The van der Waals surface area contributed by atoms with Gasteiger partial charge in [-0.25, -0.2) is 0 Å². The second-order valence-electron chi connectivity index (χ2n) is 2.58. The Kier molecular flexibility index (Phi) is 1.26. The van der Waals surface area contributed by atoms with Gasteiger partial charge < -0.3 is 14.6 Å². The molecule has 2 aliphatic rings. The van der Waals surface area contributed by atoms with Crippen LogP contribution < -0.4 is 0 Å². The Morgan fingerprint density at radius 2 is 2.40 bits per heavy atom. The number of aliphatic hydroxyl groups is 1. The Bertz CT molecular complexity index is 167. The van der Waals surface area contributed by atoms with E-state index in [1.54, 1.807) is 0 Å². The van der Waals surface area contributed by atoms with E-state index in [-0.39, 0.29) is 18.3 Å². The first kappa shape index (κ1) is 6.27. The summed E-state index contributed by atoms with van der Waals surface area (Å²) < 4.78 is 9.93. The zero-order valence-corrected chi connectivity index (χ0v) is 5.32. The van der Waals surface area contributed by atoms with Crippen LogP contribution in [0, 0.1) is 0 Å².